The molecule has 0 unspecified atom stereocenters. The number of methoxy groups -OCH3 is 1. The molecule has 2 nitrogen and oxygen atoms in total. The van der Waals surface area contributed by atoms with Gasteiger partial charge in [-0.15, -0.1) is 0 Å². The Kier molecular flexibility index (Phi) is 5.02. The Morgan fingerprint density at radius 2 is 2.00 bits per heavy atom. The van der Waals surface area contributed by atoms with Gasteiger partial charge in [0, 0.05) is 5.69 Å². The normalized spacial score (nSPS) is 10.3. The van der Waals surface area contributed by atoms with E-state index in [1.165, 1.54) is 31.2 Å². The van der Waals surface area contributed by atoms with Crippen molar-refractivity contribution in [1.82, 2.24) is 0 Å². The van der Waals surface area contributed by atoms with Gasteiger partial charge in [-0.25, -0.2) is 0 Å². The Morgan fingerprint density at radius 1 is 1.20 bits per heavy atom. The molecule has 0 saturated heterocycles. The molecule has 0 aliphatic heterocycles. The number of hydrogen-bond donors (Lipinski definition) is 1. The van der Waals surface area contributed by atoms with Crippen LogP contribution < -0.4 is 10.5 Å². The van der Waals surface area contributed by atoms with Crippen LogP contribution in [0, 0.1) is 0 Å². The molecule has 2 N–H and O–H groups in total. The SMILES string of the molecule is CCCCCCc1cc(N)ccc1OC. The molecule has 0 spiro atoms. The van der Waals surface area contributed by atoms with Crippen molar-refractivity contribution in [1.29, 1.82) is 0 Å². The van der Waals surface area contributed by atoms with E-state index in [1.807, 2.05) is 18.2 Å². The van der Waals surface area contributed by atoms with Crippen LogP contribution in [-0.2, 0) is 6.42 Å². The van der Waals surface area contributed by atoms with Crippen molar-refractivity contribution in [2.45, 2.75) is 39.0 Å². The van der Waals surface area contributed by atoms with E-state index in [0.717, 1.165) is 17.9 Å². The van der Waals surface area contributed by atoms with E-state index in [9.17, 15) is 0 Å². The van der Waals surface area contributed by atoms with Gasteiger partial charge in [0.2, 0.25) is 0 Å². The van der Waals surface area contributed by atoms with Crippen molar-refractivity contribution in [3.8, 4) is 5.75 Å². The number of hydrogen-bond acceptors (Lipinski definition) is 2. The second-order valence-corrected chi connectivity index (χ2v) is 3.88. The van der Waals surface area contributed by atoms with Gasteiger partial charge in [0.1, 0.15) is 5.75 Å². The summed E-state index contributed by atoms with van der Waals surface area (Å²) in [4.78, 5) is 0. The molecule has 0 atom stereocenters. The number of ether oxygens (including phenoxy) is 1. The molecule has 0 heterocycles. The molecule has 0 radical (unpaired) electrons. The Balaban J connectivity index is 2.54. The molecule has 0 saturated carbocycles. The molecule has 0 bridgehead atoms. The summed E-state index contributed by atoms with van der Waals surface area (Å²) in [7, 11) is 1.71. The van der Waals surface area contributed by atoms with Crippen molar-refractivity contribution >= 4 is 5.69 Å². The largest absolute Gasteiger partial charge is 0.496 e. The van der Waals surface area contributed by atoms with Gasteiger partial charge in [-0.1, -0.05) is 26.2 Å². The van der Waals surface area contributed by atoms with E-state index in [2.05, 4.69) is 6.92 Å². The first kappa shape index (κ1) is 11.9. The van der Waals surface area contributed by atoms with Gasteiger partial charge in [-0.05, 0) is 36.6 Å². The molecule has 15 heavy (non-hydrogen) atoms. The Bertz CT molecular complexity index is 297. The third-order valence-electron chi connectivity index (χ3n) is 2.60. The first-order chi connectivity index (χ1) is 7.27. The molecule has 1 aromatic carbocycles. The monoisotopic (exact) mass is 207 g/mol. The van der Waals surface area contributed by atoms with Crippen LogP contribution in [0.5, 0.6) is 5.75 Å². The quantitative estimate of drug-likeness (QED) is 0.573. The molecule has 0 aliphatic rings. The molecule has 0 aromatic heterocycles. The number of unbranched alkanes of at least 4 members (excludes halogenated alkanes) is 3. The summed E-state index contributed by atoms with van der Waals surface area (Å²) in [5, 5.41) is 0. The second-order valence-electron chi connectivity index (χ2n) is 3.88. The lowest BCUT2D eigenvalue weighted by Crippen LogP contribution is -1.95. The standard InChI is InChI=1S/C13H21NO/c1-3-4-5-6-7-11-10-12(14)8-9-13(11)15-2/h8-10H,3-7,14H2,1-2H3. The molecule has 0 aliphatic carbocycles. The number of benzene rings is 1. The Hall–Kier alpha value is -1.18. The second kappa shape index (κ2) is 6.33. The number of aryl methyl sites for hydroxylation is 1. The zero-order valence-corrected chi connectivity index (χ0v) is 9.75. The third-order valence-corrected chi connectivity index (χ3v) is 2.60. The van der Waals surface area contributed by atoms with Crippen LogP contribution in [0.15, 0.2) is 18.2 Å². The van der Waals surface area contributed by atoms with Gasteiger partial charge >= 0.3 is 0 Å². The average molecular weight is 207 g/mol. The minimum absolute atomic E-state index is 0.821. The van der Waals surface area contributed by atoms with Crippen molar-refractivity contribution in [3.63, 3.8) is 0 Å². The molecule has 84 valence electrons. The predicted octanol–water partition coefficient (Wildman–Crippen LogP) is 3.40. The molecular formula is C13H21NO. The fourth-order valence-corrected chi connectivity index (χ4v) is 1.74. The van der Waals surface area contributed by atoms with E-state index in [1.54, 1.807) is 7.11 Å². The minimum Gasteiger partial charge on any atom is -0.496 e. The van der Waals surface area contributed by atoms with Crippen LogP contribution in [-0.4, -0.2) is 7.11 Å². The van der Waals surface area contributed by atoms with Crippen LogP contribution in [0.4, 0.5) is 5.69 Å². The van der Waals surface area contributed by atoms with E-state index < -0.39 is 0 Å². The molecule has 0 fully saturated rings. The summed E-state index contributed by atoms with van der Waals surface area (Å²) in [5.74, 6) is 0.959. The zero-order valence-electron chi connectivity index (χ0n) is 9.75. The minimum atomic E-state index is 0.821. The lowest BCUT2D eigenvalue weighted by Gasteiger charge is -2.08. The molecule has 1 aromatic rings. The number of anilines is 1. The van der Waals surface area contributed by atoms with Crippen molar-refractivity contribution in [2.24, 2.45) is 0 Å². The van der Waals surface area contributed by atoms with Crippen LogP contribution in [0.25, 0.3) is 0 Å². The molecular weight excluding hydrogens is 186 g/mol. The van der Waals surface area contributed by atoms with E-state index in [-0.39, 0.29) is 0 Å². The highest BCUT2D eigenvalue weighted by Gasteiger charge is 2.02. The van der Waals surface area contributed by atoms with E-state index >= 15 is 0 Å². The number of nitrogen functional groups attached to an aromatic ring is 1. The van der Waals surface area contributed by atoms with Gasteiger partial charge in [0.15, 0.2) is 0 Å². The number of rotatable bonds is 6. The lowest BCUT2D eigenvalue weighted by molar-refractivity contribution is 0.409. The van der Waals surface area contributed by atoms with Gasteiger partial charge in [-0.3, -0.25) is 0 Å². The third kappa shape index (κ3) is 3.82. The molecule has 0 amide bonds. The summed E-state index contributed by atoms with van der Waals surface area (Å²) in [5.41, 5.74) is 7.81. The predicted molar refractivity (Wildman–Crippen MR) is 65.3 cm³/mol. The summed E-state index contributed by atoms with van der Waals surface area (Å²) < 4.78 is 5.30. The summed E-state index contributed by atoms with van der Waals surface area (Å²) in [6.07, 6.45) is 6.15. The van der Waals surface area contributed by atoms with E-state index in [0.29, 0.717) is 0 Å². The maximum Gasteiger partial charge on any atom is 0.122 e. The number of nitrogens with two attached hydrogens (primary N) is 1. The van der Waals surface area contributed by atoms with Crippen molar-refractivity contribution < 1.29 is 4.74 Å². The summed E-state index contributed by atoms with van der Waals surface area (Å²) >= 11 is 0. The van der Waals surface area contributed by atoms with Gasteiger partial charge in [-0.2, -0.15) is 0 Å². The van der Waals surface area contributed by atoms with Crippen LogP contribution in [0.3, 0.4) is 0 Å². The summed E-state index contributed by atoms with van der Waals surface area (Å²) in [6.45, 7) is 2.22. The molecule has 1 rings (SSSR count). The highest BCUT2D eigenvalue weighted by atomic mass is 16.5. The van der Waals surface area contributed by atoms with Gasteiger partial charge in [0.25, 0.3) is 0 Å². The highest BCUT2D eigenvalue weighted by molar-refractivity contribution is 5.47. The Labute approximate surface area is 92.4 Å². The zero-order chi connectivity index (χ0) is 11.1. The fourth-order valence-electron chi connectivity index (χ4n) is 1.74. The smallest absolute Gasteiger partial charge is 0.122 e. The lowest BCUT2D eigenvalue weighted by atomic mass is 10.0. The van der Waals surface area contributed by atoms with Gasteiger partial charge in [0.05, 0.1) is 7.11 Å². The van der Waals surface area contributed by atoms with Crippen molar-refractivity contribution in [2.75, 3.05) is 12.8 Å². The maximum absolute atomic E-state index is 5.76. The Morgan fingerprint density at radius 3 is 2.67 bits per heavy atom. The van der Waals surface area contributed by atoms with E-state index in [4.69, 9.17) is 10.5 Å². The summed E-state index contributed by atoms with van der Waals surface area (Å²) in [6, 6.07) is 5.85. The van der Waals surface area contributed by atoms with Gasteiger partial charge < -0.3 is 10.5 Å². The maximum atomic E-state index is 5.76. The average Bonchev–Trinajstić information content (AvgIpc) is 2.25. The van der Waals surface area contributed by atoms with Crippen LogP contribution >= 0.6 is 0 Å². The van der Waals surface area contributed by atoms with Crippen molar-refractivity contribution in [3.05, 3.63) is 23.8 Å². The first-order valence-electron chi connectivity index (χ1n) is 5.70. The first-order valence-corrected chi connectivity index (χ1v) is 5.70. The molecule has 2 heteroatoms. The topological polar surface area (TPSA) is 35.2 Å². The fraction of sp³-hybridized carbons (Fsp3) is 0.538. The van der Waals surface area contributed by atoms with Crippen LogP contribution in [0.1, 0.15) is 38.2 Å². The van der Waals surface area contributed by atoms with Crippen LogP contribution in [0.2, 0.25) is 0 Å². The highest BCUT2D eigenvalue weighted by Crippen LogP contribution is 2.23.